The highest BCUT2D eigenvalue weighted by Crippen LogP contribution is 2.27. The fraction of sp³-hybridized carbons (Fsp3) is 0.538. The molecule has 86 valence electrons. The number of ether oxygens (including phenoxy) is 1. The monoisotopic (exact) mass is 219 g/mol. The standard InChI is InChI=1S/C13H17NO2/c1-10-4-2-3-5-12(10)16-13-7-6-11(9-15)8-14-13/h6-10,12H,2-5H2,1H3. The molecule has 1 heterocycles. The Kier molecular flexibility index (Phi) is 3.54. The van der Waals surface area contributed by atoms with Crippen LogP contribution in [0.5, 0.6) is 5.88 Å². The van der Waals surface area contributed by atoms with Crippen LogP contribution in [0.4, 0.5) is 0 Å². The molecule has 0 amide bonds. The first-order valence-corrected chi connectivity index (χ1v) is 5.87. The summed E-state index contributed by atoms with van der Waals surface area (Å²) in [4.78, 5) is 14.6. The predicted octanol–water partition coefficient (Wildman–Crippen LogP) is 2.85. The van der Waals surface area contributed by atoms with Crippen molar-refractivity contribution in [1.82, 2.24) is 4.98 Å². The normalized spacial score (nSPS) is 25.1. The molecule has 2 rings (SSSR count). The lowest BCUT2D eigenvalue weighted by Gasteiger charge is -2.28. The van der Waals surface area contributed by atoms with Crippen LogP contribution in [0.25, 0.3) is 0 Å². The van der Waals surface area contributed by atoms with Gasteiger partial charge < -0.3 is 4.74 Å². The van der Waals surface area contributed by atoms with E-state index in [9.17, 15) is 4.79 Å². The Morgan fingerprint density at radius 1 is 1.38 bits per heavy atom. The third-order valence-corrected chi connectivity index (χ3v) is 3.20. The van der Waals surface area contributed by atoms with Crippen LogP contribution < -0.4 is 4.74 Å². The third-order valence-electron chi connectivity index (χ3n) is 3.20. The van der Waals surface area contributed by atoms with Crippen LogP contribution in [-0.4, -0.2) is 17.4 Å². The van der Waals surface area contributed by atoms with Gasteiger partial charge in [-0.05, 0) is 31.2 Å². The van der Waals surface area contributed by atoms with Gasteiger partial charge in [0.1, 0.15) is 6.10 Å². The molecule has 0 N–H and O–H groups in total. The van der Waals surface area contributed by atoms with Crippen molar-refractivity contribution >= 4 is 6.29 Å². The molecular formula is C13H17NO2. The molecule has 0 spiro atoms. The Bertz CT molecular complexity index is 347. The molecule has 16 heavy (non-hydrogen) atoms. The third kappa shape index (κ3) is 2.60. The highest BCUT2D eigenvalue weighted by atomic mass is 16.5. The van der Waals surface area contributed by atoms with E-state index in [1.165, 1.54) is 19.3 Å². The fourth-order valence-corrected chi connectivity index (χ4v) is 2.14. The second-order valence-electron chi connectivity index (χ2n) is 4.47. The summed E-state index contributed by atoms with van der Waals surface area (Å²) in [5.74, 6) is 1.23. The molecule has 2 atom stereocenters. The van der Waals surface area contributed by atoms with Crippen molar-refractivity contribution in [1.29, 1.82) is 0 Å². The van der Waals surface area contributed by atoms with Gasteiger partial charge in [0.2, 0.25) is 5.88 Å². The molecule has 1 saturated carbocycles. The van der Waals surface area contributed by atoms with Gasteiger partial charge in [0.25, 0.3) is 0 Å². The molecule has 3 heteroatoms. The van der Waals surface area contributed by atoms with Crippen molar-refractivity contribution in [3.05, 3.63) is 23.9 Å². The molecule has 0 bridgehead atoms. The van der Waals surface area contributed by atoms with E-state index in [0.29, 0.717) is 17.4 Å². The van der Waals surface area contributed by atoms with E-state index in [4.69, 9.17) is 4.74 Å². The minimum atomic E-state index is 0.281. The molecular weight excluding hydrogens is 202 g/mol. The summed E-state index contributed by atoms with van der Waals surface area (Å²) in [6.45, 7) is 2.23. The molecule has 1 aromatic heterocycles. The van der Waals surface area contributed by atoms with E-state index in [0.717, 1.165) is 12.7 Å². The van der Waals surface area contributed by atoms with Crippen LogP contribution >= 0.6 is 0 Å². The first-order chi connectivity index (χ1) is 7.79. The molecule has 1 fully saturated rings. The van der Waals surface area contributed by atoms with Gasteiger partial charge in [-0.15, -0.1) is 0 Å². The number of nitrogens with zero attached hydrogens (tertiary/aromatic N) is 1. The Morgan fingerprint density at radius 3 is 2.81 bits per heavy atom. The van der Waals surface area contributed by atoms with E-state index < -0.39 is 0 Å². The summed E-state index contributed by atoms with van der Waals surface area (Å²) >= 11 is 0. The highest BCUT2D eigenvalue weighted by molar-refractivity contribution is 5.73. The number of aldehydes is 1. The van der Waals surface area contributed by atoms with Gasteiger partial charge in [-0.1, -0.05) is 13.3 Å². The topological polar surface area (TPSA) is 39.2 Å². The van der Waals surface area contributed by atoms with Gasteiger partial charge in [0, 0.05) is 17.8 Å². The zero-order valence-electron chi connectivity index (χ0n) is 9.56. The van der Waals surface area contributed by atoms with Crippen molar-refractivity contribution in [2.75, 3.05) is 0 Å². The second-order valence-corrected chi connectivity index (χ2v) is 4.47. The molecule has 2 unspecified atom stereocenters. The van der Waals surface area contributed by atoms with Crippen LogP contribution in [0.2, 0.25) is 0 Å². The van der Waals surface area contributed by atoms with Gasteiger partial charge >= 0.3 is 0 Å². The van der Waals surface area contributed by atoms with Gasteiger partial charge in [-0.3, -0.25) is 4.79 Å². The van der Waals surface area contributed by atoms with Crippen LogP contribution in [0.3, 0.4) is 0 Å². The van der Waals surface area contributed by atoms with Crippen molar-refractivity contribution in [3.8, 4) is 5.88 Å². The summed E-state index contributed by atoms with van der Waals surface area (Å²) in [6.07, 6.45) is 7.51. The number of hydrogen-bond donors (Lipinski definition) is 0. The molecule has 3 nitrogen and oxygen atoms in total. The van der Waals surface area contributed by atoms with Crippen LogP contribution in [0.1, 0.15) is 43.0 Å². The van der Waals surface area contributed by atoms with E-state index in [1.807, 2.05) is 0 Å². The predicted molar refractivity (Wildman–Crippen MR) is 61.7 cm³/mol. The summed E-state index contributed by atoms with van der Waals surface area (Å²) in [6, 6.07) is 3.51. The average molecular weight is 219 g/mol. The molecule has 0 aliphatic heterocycles. The SMILES string of the molecule is CC1CCCCC1Oc1ccc(C=O)cn1. The number of pyridine rings is 1. The van der Waals surface area contributed by atoms with Crippen LogP contribution in [0.15, 0.2) is 18.3 Å². The Labute approximate surface area is 95.8 Å². The first-order valence-electron chi connectivity index (χ1n) is 5.87. The zero-order valence-corrected chi connectivity index (χ0v) is 9.56. The van der Waals surface area contributed by atoms with E-state index in [1.54, 1.807) is 18.3 Å². The van der Waals surface area contributed by atoms with Gasteiger partial charge in [-0.2, -0.15) is 0 Å². The molecule has 1 aliphatic rings. The van der Waals surface area contributed by atoms with Gasteiger partial charge in [0.05, 0.1) is 0 Å². The average Bonchev–Trinajstić information content (AvgIpc) is 2.33. The van der Waals surface area contributed by atoms with E-state index in [-0.39, 0.29) is 6.10 Å². The lowest BCUT2D eigenvalue weighted by molar-refractivity contribution is 0.0975. The summed E-state index contributed by atoms with van der Waals surface area (Å²) in [5, 5.41) is 0. The lowest BCUT2D eigenvalue weighted by Crippen LogP contribution is -2.28. The Morgan fingerprint density at radius 2 is 2.19 bits per heavy atom. The second kappa shape index (κ2) is 5.10. The number of carbonyl (C=O) groups is 1. The Balaban J connectivity index is 1.99. The minimum absolute atomic E-state index is 0.281. The molecule has 0 saturated heterocycles. The summed E-state index contributed by atoms with van der Waals surface area (Å²) in [7, 11) is 0. The molecule has 1 aliphatic carbocycles. The number of aromatic nitrogens is 1. The fourth-order valence-electron chi connectivity index (χ4n) is 2.14. The van der Waals surface area contributed by atoms with Gasteiger partial charge in [-0.25, -0.2) is 4.98 Å². The molecule has 0 aromatic carbocycles. The van der Waals surface area contributed by atoms with Crippen molar-refractivity contribution in [2.45, 2.75) is 38.7 Å². The number of carbonyl (C=O) groups excluding carboxylic acids is 1. The maximum atomic E-state index is 10.5. The maximum absolute atomic E-state index is 10.5. The maximum Gasteiger partial charge on any atom is 0.213 e. The highest BCUT2D eigenvalue weighted by Gasteiger charge is 2.23. The van der Waals surface area contributed by atoms with E-state index >= 15 is 0 Å². The first kappa shape index (κ1) is 11.1. The summed E-state index contributed by atoms with van der Waals surface area (Å²) < 4.78 is 5.84. The molecule has 1 aromatic rings. The quantitative estimate of drug-likeness (QED) is 0.734. The van der Waals surface area contributed by atoms with Crippen molar-refractivity contribution in [3.63, 3.8) is 0 Å². The molecule has 0 radical (unpaired) electrons. The zero-order chi connectivity index (χ0) is 11.4. The minimum Gasteiger partial charge on any atom is -0.474 e. The number of hydrogen-bond acceptors (Lipinski definition) is 3. The number of rotatable bonds is 3. The van der Waals surface area contributed by atoms with Crippen LogP contribution in [0, 0.1) is 5.92 Å². The van der Waals surface area contributed by atoms with Crippen molar-refractivity contribution in [2.24, 2.45) is 5.92 Å². The Hall–Kier alpha value is -1.38. The summed E-state index contributed by atoms with van der Waals surface area (Å²) in [5.41, 5.74) is 0.587. The van der Waals surface area contributed by atoms with Crippen LogP contribution in [-0.2, 0) is 0 Å². The largest absolute Gasteiger partial charge is 0.474 e. The van der Waals surface area contributed by atoms with E-state index in [2.05, 4.69) is 11.9 Å². The smallest absolute Gasteiger partial charge is 0.213 e. The van der Waals surface area contributed by atoms with Crippen molar-refractivity contribution < 1.29 is 9.53 Å². The van der Waals surface area contributed by atoms with Gasteiger partial charge in [0.15, 0.2) is 6.29 Å². The lowest BCUT2D eigenvalue weighted by atomic mass is 9.88.